The second kappa shape index (κ2) is 8.68. The Hall–Kier alpha value is -3.30. The number of hydrogen-bond donors (Lipinski definition) is 1. The van der Waals surface area contributed by atoms with Gasteiger partial charge in [-0.05, 0) is 37.6 Å². The van der Waals surface area contributed by atoms with Gasteiger partial charge in [0.15, 0.2) is 0 Å². The first-order valence-corrected chi connectivity index (χ1v) is 10.6. The first-order chi connectivity index (χ1) is 15.2. The predicted octanol–water partition coefficient (Wildman–Crippen LogP) is 1.49. The summed E-state index contributed by atoms with van der Waals surface area (Å²) in [5.41, 5.74) is 1.06. The minimum atomic E-state index is -0.494. The molecule has 1 fully saturated rings. The Labute approximate surface area is 185 Å². The zero-order valence-electron chi connectivity index (χ0n) is 18.7. The van der Waals surface area contributed by atoms with Crippen LogP contribution in [0.1, 0.15) is 29.9 Å². The van der Waals surface area contributed by atoms with Gasteiger partial charge in [0.05, 0.1) is 17.6 Å². The fourth-order valence-corrected chi connectivity index (χ4v) is 4.20. The molecule has 3 heterocycles. The number of rotatable bonds is 4. The van der Waals surface area contributed by atoms with Crippen LogP contribution in [0.4, 0.5) is 5.69 Å². The van der Waals surface area contributed by atoms with Crippen LogP contribution in [0.5, 0.6) is 0 Å². The number of carbonyl (C=O) groups is 1. The highest BCUT2D eigenvalue weighted by atomic mass is 16.5. The van der Waals surface area contributed by atoms with E-state index in [0.717, 1.165) is 23.2 Å². The molecule has 0 saturated carbocycles. The Balaban J connectivity index is 1.60. The molecule has 3 aromatic rings. The molecule has 1 saturated heterocycles. The van der Waals surface area contributed by atoms with Crippen molar-refractivity contribution >= 4 is 22.6 Å². The average molecular weight is 438 g/mol. The van der Waals surface area contributed by atoms with Crippen LogP contribution in [0.15, 0.2) is 46.0 Å². The summed E-state index contributed by atoms with van der Waals surface area (Å²) in [7, 11) is 2.94. The van der Waals surface area contributed by atoms with Crippen molar-refractivity contribution in [2.75, 3.05) is 18.4 Å². The zero-order chi connectivity index (χ0) is 23.0. The lowest BCUT2D eigenvalue weighted by atomic mass is 10.1. The molecule has 2 atom stereocenters. The number of para-hydroxylation sites is 1. The van der Waals surface area contributed by atoms with Crippen LogP contribution in [0.25, 0.3) is 11.0 Å². The Morgan fingerprint density at radius 2 is 1.75 bits per heavy atom. The molecular formula is C23H27N5O4. The number of nitrogens with one attached hydrogen (secondary N) is 1. The number of aromatic nitrogens is 3. The van der Waals surface area contributed by atoms with E-state index in [2.05, 4.69) is 29.0 Å². The number of pyridine rings is 1. The quantitative estimate of drug-likeness (QED) is 0.664. The van der Waals surface area contributed by atoms with E-state index in [4.69, 9.17) is 4.74 Å². The van der Waals surface area contributed by atoms with Gasteiger partial charge in [0, 0.05) is 39.4 Å². The zero-order valence-corrected chi connectivity index (χ0v) is 18.7. The lowest BCUT2D eigenvalue weighted by molar-refractivity contribution is -0.0704. The second-order valence-electron chi connectivity index (χ2n) is 8.34. The van der Waals surface area contributed by atoms with Gasteiger partial charge in [0.1, 0.15) is 11.3 Å². The molecule has 1 aliphatic heterocycles. The molecule has 2 unspecified atom stereocenters. The summed E-state index contributed by atoms with van der Waals surface area (Å²) < 4.78 is 8.10. The van der Waals surface area contributed by atoms with Crippen molar-refractivity contribution < 1.29 is 9.53 Å². The van der Waals surface area contributed by atoms with Crippen molar-refractivity contribution in [2.45, 2.75) is 32.6 Å². The first kappa shape index (κ1) is 21.9. The third kappa shape index (κ3) is 4.21. The summed E-state index contributed by atoms with van der Waals surface area (Å²) in [6.45, 7) is 6.44. The Bertz CT molecular complexity index is 1290. The summed E-state index contributed by atoms with van der Waals surface area (Å²) in [5.74, 6) is -0.406. The molecule has 4 rings (SSSR count). The molecule has 1 aromatic carbocycles. The summed E-state index contributed by atoms with van der Waals surface area (Å²) in [6, 6.07) is 10.7. The largest absolute Gasteiger partial charge is 0.373 e. The number of anilines is 1. The molecule has 0 aliphatic carbocycles. The highest BCUT2D eigenvalue weighted by Gasteiger charge is 2.23. The van der Waals surface area contributed by atoms with Crippen LogP contribution in [0.3, 0.4) is 0 Å². The fourth-order valence-electron chi connectivity index (χ4n) is 4.20. The maximum absolute atomic E-state index is 13.0. The highest BCUT2D eigenvalue weighted by molar-refractivity contribution is 6.04. The van der Waals surface area contributed by atoms with Gasteiger partial charge in [-0.1, -0.05) is 18.2 Å². The standard InChI is InChI=1S/C23H27N5O4/c1-14-11-28(12-15(2)32-14)13-16-7-5-6-8-18(16)25-21(29)19-10-9-17-20(24-19)26(3)23(31)27(4)22(17)30/h5-10,14-15H,11-13H2,1-4H3,(H,25,29). The van der Waals surface area contributed by atoms with E-state index in [0.29, 0.717) is 12.2 Å². The Morgan fingerprint density at radius 3 is 2.47 bits per heavy atom. The number of fused-ring (bicyclic) bond motifs is 1. The van der Waals surface area contributed by atoms with Crippen LogP contribution in [0.2, 0.25) is 0 Å². The Morgan fingerprint density at radius 1 is 1.06 bits per heavy atom. The molecule has 0 spiro atoms. The molecule has 1 amide bonds. The lowest BCUT2D eigenvalue weighted by Gasteiger charge is -2.35. The number of amides is 1. The van der Waals surface area contributed by atoms with E-state index in [1.54, 1.807) is 0 Å². The van der Waals surface area contributed by atoms with Crippen molar-refractivity contribution in [1.82, 2.24) is 19.0 Å². The number of ether oxygens (including phenoxy) is 1. The van der Waals surface area contributed by atoms with E-state index in [1.807, 2.05) is 24.3 Å². The van der Waals surface area contributed by atoms with Crippen LogP contribution < -0.4 is 16.6 Å². The third-order valence-electron chi connectivity index (χ3n) is 5.69. The molecule has 32 heavy (non-hydrogen) atoms. The topological polar surface area (TPSA) is 98.5 Å². The summed E-state index contributed by atoms with van der Waals surface area (Å²) in [4.78, 5) is 44.2. The number of morpholine rings is 1. The normalized spacial score (nSPS) is 19.2. The minimum Gasteiger partial charge on any atom is -0.373 e. The van der Waals surface area contributed by atoms with Crippen LogP contribution in [0, 0.1) is 0 Å². The first-order valence-electron chi connectivity index (χ1n) is 10.6. The Kier molecular flexibility index (Phi) is 5.94. The molecule has 2 aromatic heterocycles. The maximum atomic E-state index is 13.0. The molecule has 9 heteroatoms. The van der Waals surface area contributed by atoms with Gasteiger partial charge in [-0.15, -0.1) is 0 Å². The molecule has 9 nitrogen and oxygen atoms in total. The summed E-state index contributed by atoms with van der Waals surface area (Å²) in [5, 5.41) is 3.21. The summed E-state index contributed by atoms with van der Waals surface area (Å²) in [6.07, 6.45) is 0.309. The van der Waals surface area contributed by atoms with Crippen LogP contribution in [-0.4, -0.2) is 50.2 Å². The van der Waals surface area contributed by atoms with Gasteiger partial charge in [-0.2, -0.15) is 0 Å². The number of benzene rings is 1. The van der Waals surface area contributed by atoms with Crippen LogP contribution >= 0.6 is 0 Å². The lowest BCUT2D eigenvalue weighted by Crippen LogP contribution is -2.44. The van der Waals surface area contributed by atoms with Crippen molar-refractivity contribution in [1.29, 1.82) is 0 Å². The average Bonchev–Trinajstić information content (AvgIpc) is 2.76. The maximum Gasteiger partial charge on any atom is 0.332 e. The number of aryl methyl sites for hydroxylation is 1. The SMILES string of the molecule is CC1CN(Cc2ccccc2NC(=O)c2ccc3c(=O)n(C)c(=O)n(C)c3n2)CC(C)O1. The molecule has 168 valence electrons. The third-order valence-corrected chi connectivity index (χ3v) is 5.69. The monoisotopic (exact) mass is 437 g/mol. The van der Waals surface area contributed by atoms with Gasteiger partial charge in [-0.25, -0.2) is 9.78 Å². The van der Waals surface area contributed by atoms with Crippen molar-refractivity contribution in [3.05, 3.63) is 68.5 Å². The molecule has 0 bridgehead atoms. The van der Waals surface area contributed by atoms with E-state index in [9.17, 15) is 14.4 Å². The van der Waals surface area contributed by atoms with Crippen molar-refractivity contribution in [3.63, 3.8) is 0 Å². The number of hydrogen-bond acceptors (Lipinski definition) is 6. The molecule has 1 N–H and O–H groups in total. The van der Waals surface area contributed by atoms with Gasteiger partial charge in [-0.3, -0.25) is 23.6 Å². The molecule has 1 aliphatic rings. The van der Waals surface area contributed by atoms with E-state index in [1.165, 1.54) is 30.8 Å². The van der Waals surface area contributed by atoms with Gasteiger partial charge >= 0.3 is 5.69 Å². The van der Waals surface area contributed by atoms with Crippen LogP contribution in [-0.2, 0) is 25.4 Å². The summed E-state index contributed by atoms with van der Waals surface area (Å²) >= 11 is 0. The van der Waals surface area contributed by atoms with E-state index in [-0.39, 0.29) is 28.9 Å². The van der Waals surface area contributed by atoms with Gasteiger partial charge in [0.2, 0.25) is 0 Å². The number of carbonyl (C=O) groups excluding carboxylic acids is 1. The van der Waals surface area contributed by atoms with Gasteiger partial charge < -0.3 is 10.1 Å². The smallest absolute Gasteiger partial charge is 0.332 e. The predicted molar refractivity (Wildman–Crippen MR) is 122 cm³/mol. The fraction of sp³-hybridized carbons (Fsp3) is 0.391. The molecular weight excluding hydrogens is 410 g/mol. The van der Waals surface area contributed by atoms with Crippen molar-refractivity contribution in [2.24, 2.45) is 14.1 Å². The van der Waals surface area contributed by atoms with Crippen molar-refractivity contribution in [3.8, 4) is 0 Å². The van der Waals surface area contributed by atoms with E-state index < -0.39 is 17.2 Å². The minimum absolute atomic E-state index is 0.129. The van der Waals surface area contributed by atoms with E-state index >= 15 is 0 Å². The van der Waals surface area contributed by atoms with Gasteiger partial charge in [0.25, 0.3) is 11.5 Å². The number of nitrogens with zero attached hydrogens (tertiary/aromatic N) is 4. The molecule has 0 radical (unpaired) electrons. The second-order valence-corrected chi connectivity index (χ2v) is 8.34. The highest BCUT2D eigenvalue weighted by Crippen LogP contribution is 2.21.